The molecule has 0 saturated carbocycles. The number of pyridine rings is 1. The first kappa shape index (κ1) is 10.7. The molecule has 2 nitrogen and oxygen atoms in total. The molecule has 0 spiro atoms. The topological polar surface area (TPSA) is 33.1 Å². The SMILES string of the molecule is OC/C=C/c1ccc(C(F)(F)F)nc1. The summed E-state index contributed by atoms with van der Waals surface area (Å²) in [4.78, 5) is 3.24. The van der Waals surface area contributed by atoms with Gasteiger partial charge in [0.1, 0.15) is 5.69 Å². The van der Waals surface area contributed by atoms with E-state index in [-0.39, 0.29) is 6.61 Å². The standard InChI is InChI=1S/C9H8F3NO/c10-9(11,12)8-4-3-7(6-13-8)2-1-5-14/h1-4,6,14H,5H2/b2-1+. The van der Waals surface area contributed by atoms with Crippen molar-refractivity contribution in [3.05, 3.63) is 35.7 Å². The molecule has 0 amide bonds. The molecule has 14 heavy (non-hydrogen) atoms. The van der Waals surface area contributed by atoms with E-state index in [4.69, 9.17) is 5.11 Å². The highest BCUT2D eigenvalue weighted by atomic mass is 19.4. The van der Waals surface area contributed by atoms with E-state index in [0.29, 0.717) is 5.56 Å². The van der Waals surface area contributed by atoms with Crippen molar-refractivity contribution in [2.45, 2.75) is 6.18 Å². The highest BCUT2D eigenvalue weighted by molar-refractivity contribution is 5.47. The van der Waals surface area contributed by atoms with Crippen LogP contribution >= 0.6 is 0 Å². The summed E-state index contributed by atoms with van der Waals surface area (Å²) < 4.78 is 36.2. The number of nitrogens with zero attached hydrogens (tertiary/aromatic N) is 1. The fourth-order valence-corrected chi connectivity index (χ4v) is 0.860. The summed E-state index contributed by atoms with van der Waals surface area (Å²) in [5.41, 5.74) is -0.398. The summed E-state index contributed by atoms with van der Waals surface area (Å²) in [6.07, 6.45) is -0.383. The van der Waals surface area contributed by atoms with Crippen molar-refractivity contribution in [2.75, 3.05) is 6.61 Å². The summed E-state index contributed by atoms with van der Waals surface area (Å²) in [5.74, 6) is 0. The molecule has 0 saturated heterocycles. The highest BCUT2D eigenvalue weighted by Gasteiger charge is 2.31. The molecule has 0 bridgehead atoms. The van der Waals surface area contributed by atoms with Crippen LogP contribution in [0.3, 0.4) is 0 Å². The monoisotopic (exact) mass is 203 g/mol. The number of aliphatic hydroxyl groups is 1. The van der Waals surface area contributed by atoms with E-state index in [2.05, 4.69) is 4.98 Å². The Bertz CT molecular complexity index is 316. The van der Waals surface area contributed by atoms with E-state index in [1.54, 1.807) is 0 Å². The fraction of sp³-hybridized carbons (Fsp3) is 0.222. The first-order valence-corrected chi connectivity index (χ1v) is 3.84. The lowest BCUT2D eigenvalue weighted by molar-refractivity contribution is -0.141. The number of aliphatic hydroxyl groups excluding tert-OH is 1. The zero-order valence-corrected chi connectivity index (χ0v) is 7.12. The number of rotatable bonds is 2. The smallest absolute Gasteiger partial charge is 0.392 e. The summed E-state index contributed by atoms with van der Waals surface area (Å²) in [5, 5.41) is 8.42. The molecule has 1 N–H and O–H groups in total. The third kappa shape index (κ3) is 2.85. The van der Waals surface area contributed by atoms with Crippen LogP contribution in [0, 0.1) is 0 Å². The third-order valence-electron chi connectivity index (χ3n) is 1.49. The maximum absolute atomic E-state index is 12.1. The van der Waals surface area contributed by atoms with E-state index in [0.717, 1.165) is 12.3 Å². The van der Waals surface area contributed by atoms with E-state index >= 15 is 0 Å². The zero-order valence-electron chi connectivity index (χ0n) is 7.12. The summed E-state index contributed by atoms with van der Waals surface area (Å²) in [6, 6.07) is 2.19. The van der Waals surface area contributed by atoms with E-state index in [1.165, 1.54) is 18.2 Å². The minimum atomic E-state index is -4.40. The fourth-order valence-electron chi connectivity index (χ4n) is 0.860. The van der Waals surface area contributed by atoms with Gasteiger partial charge in [0.25, 0.3) is 0 Å². The molecule has 76 valence electrons. The predicted octanol–water partition coefficient (Wildman–Crippen LogP) is 2.11. The molecule has 1 rings (SSSR count). The van der Waals surface area contributed by atoms with Gasteiger partial charge in [0.2, 0.25) is 0 Å². The largest absolute Gasteiger partial charge is 0.433 e. The molecular formula is C9H8F3NO. The van der Waals surface area contributed by atoms with Crippen molar-refractivity contribution in [2.24, 2.45) is 0 Å². The van der Waals surface area contributed by atoms with Gasteiger partial charge in [-0.1, -0.05) is 18.2 Å². The predicted molar refractivity (Wildman–Crippen MR) is 45.4 cm³/mol. The van der Waals surface area contributed by atoms with Gasteiger partial charge in [0.05, 0.1) is 6.61 Å². The number of hydrogen-bond acceptors (Lipinski definition) is 2. The Hall–Kier alpha value is -1.36. The molecule has 1 aromatic rings. The number of aromatic nitrogens is 1. The second kappa shape index (κ2) is 4.23. The Morgan fingerprint density at radius 2 is 2.07 bits per heavy atom. The molecule has 0 aliphatic rings. The van der Waals surface area contributed by atoms with E-state index in [9.17, 15) is 13.2 Å². The van der Waals surface area contributed by atoms with Gasteiger partial charge in [-0.05, 0) is 11.6 Å². The molecule has 5 heteroatoms. The van der Waals surface area contributed by atoms with Crippen molar-refractivity contribution < 1.29 is 18.3 Å². The third-order valence-corrected chi connectivity index (χ3v) is 1.49. The molecule has 0 radical (unpaired) electrons. The van der Waals surface area contributed by atoms with Crippen LogP contribution in [0.1, 0.15) is 11.3 Å². The minimum absolute atomic E-state index is 0.152. The quantitative estimate of drug-likeness (QED) is 0.798. The molecule has 0 aromatic carbocycles. The van der Waals surface area contributed by atoms with Crippen LogP contribution in [0.15, 0.2) is 24.4 Å². The van der Waals surface area contributed by atoms with Crippen LogP contribution in [0.4, 0.5) is 13.2 Å². The molecular weight excluding hydrogens is 195 g/mol. The first-order chi connectivity index (χ1) is 6.54. The van der Waals surface area contributed by atoms with Crippen LogP contribution in [0.5, 0.6) is 0 Å². The molecule has 0 unspecified atom stereocenters. The van der Waals surface area contributed by atoms with Gasteiger partial charge in [-0.2, -0.15) is 13.2 Å². The minimum Gasteiger partial charge on any atom is -0.392 e. The normalized spacial score (nSPS) is 12.3. The summed E-state index contributed by atoms with van der Waals surface area (Å²) >= 11 is 0. The zero-order chi connectivity index (χ0) is 10.6. The highest BCUT2D eigenvalue weighted by Crippen LogP contribution is 2.27. The summed E-state index contributed by atoms with van der Waals surface area (Å²) in [6.45, 7) is -0.152. The van der Waals surface area contributed by atoms with Gasteiger partial charge < -0.3 is 5.11 Å². The van der Waals surface area contributed by atoms with Gasteiger partial charge in [-0.3, -0.25) is 4.98 Å². The van der Waals surface area contributed by atoms with Crippen molar-refractivity contribution in [1.82, 2.24) is 4.98 Å². The second-order valence-corrected chi connectivity index (χ2v) is 2.56. The molecule has 0 aliphatic heterocycles. The van der Waals surface area contributed by atoms with Crippen molar-refractivity contribution in [1.29, 1.82) is 0 Å². The number of hydrogen-bond donors (Lipinski definition) is 1. The van der Waals surface area contributed by atoms with Gasteiger partial charge in [0.15, 0.2) is 0 Å². The van der Waals surface area contributed by atoms with Crippen LogP contribution in [-0.4, -0.2) is 16.7 Å². The Kier molecular flexibility index (Phi) is 3.24. The Balaban J connectivity index is 2.84. The Labute approximate surface area is 78.7 Å². The lowest BCUT2D eigenvalue weighted by atomic mass is 10.2. The maximum Gasteiger partial charge on any atom is 0.433 e. The van der Waals surface area contributed by atoms with E-state index < -0.39 is 11.9 Å². The van der Waals surface area contributed by atoms with Crippen LogP contribution in [-0.2, 0) is 6.18 Å². The maximum atomic E-state index is 12.1. The Morgan fingerprint density at radius 3 is 2.50 bits per heavy atom. The molecule has 1 aromatic heterocycles. The van der Waals surface area contributed by atoms with Gasteiger partial charge in [-0.25, -0.2) is 0 Å². The van der Waals surface area contributed by atoms with Gasteiger partial charge >= 0.3 is 6.18 Å². The second-order valence-electron chi connectivity index (χ2n) is 2.56. The van der Waals surface area contributed by atoms with E-state index in [1.807, 2.05) is 0 Å². The number of halogens is 3. The van der Waals surface area contributed by atoms with Crippen LogP contribution in [0.2, 0.25) is 0 Å². The average Bonchev–Trinajstić information content (AvgIpc) is 2.14. The first-order valence-electron chi connectivity index (χ1n) is 3.84. The number of alkyl halides is 3. The lowest BCUT2D eigenvalue weighted by Gasteiger charge is -2.04. The molecule has 1 heterocycles. The van der Waals surface area contributed by atoms with Gasteiger partial charge in [-0.15, -0.1) is 0 Å². The lowest BCUT2D eigenvalue weighted by Crippen LogP contribution is -2.07. The molecule has 0 fully saturated rings. The van der Waals surface area contributed by atoms with Crippen LogP contribution in [0.25, 0.3) is 6.08 Å². The van der Waals surface area contributed by atoms with Crippen molar-refractivity contribution in [3.8, 4) is 0 Å². The molecule has 0 aliphatic carbocycles. The van der Waals surface area contributed by atoms with Crippen molar-refractivity contribution in [3.63, 3.8) is 0 Å². The molecule has 0 atom stereocenters. The van der Waals surface area contributed by atoms with Crippen molar-refractivity contribution >= 4 is 6.08 Å². The summed E-state index contributed by atoms with van der Waals surface area (Å²) in [7, 11) is 0. The Morgan fingerprint density at radius 1 is 1.36 bits per heavy atom. The van der Waals surface area contributed by atoms with Gasteiger partial charge in [0, 0.05) is 6.20 Å². The average molecular weight is 203 g/mol. The van der Waals surface area contributed by atoms with Crippen LogP contribution < -0.4 is 0 Å².